The molecule has 1 amide bonds. The van der Waals surface area contributed by atoms with Crippen molar-refractivity contribution < 1.29 is 9.53 Å². The summed E-state index contributed by atoms with van der Waals surface area (Å²) in [6.45, 7) is 4.76. The molecule has 1 fully saturated rings. The van der Waals surface area contributed by atoms with E-state index in [1.807, 2.05) is 27.1 Å². The Kier molecular flexibility index (Phi) is 4.01. The summed E-state index contributed by atoms with van der Waals surface area (Å²) in [5.74, 6) is -0.00596. The predicted octanol–water partition coefficient (Wildman–Crippen LogP) is 1.74. The monoisotopic (exact) mass is 251 g/mol. The molecule has 2 atom stereocenters. The van der Waals surface area contributed by atoms with Gasteiger partial charge in [-0.15, -0.1) is 0 Å². The molecule has 0 bridgehead atoms. The van der Waals surface area contributed by atoms with Gasteiger partial charge in [-0.3, -0.25) is 9.48 Å². The zero-order valence-corrected chi connectivity index (χ0v) is 11.3. The van der Waals surface area contributed by atoms with E-state index in [1.165, 1.54) is 0 Å². The van der Waals surface area contributed by atoms with Gasteiger partial charge in [0.25, 0.3) is 0 Å². The van der Waals surface area contributed by atoms with E-state index in [-0.39, 0.29) is 17.9 Å². The third-order valence-corrected chi connectivity index (χ3v) is 3.44. The molecule has 0 aromatic carbocycles. The van der Waals surface area contributed by atoms with Crippen molar-refractivity contribution in [3.8, 4) is 0 Å². The maximum absolute atomic E-state index is 12.2. The quantitative estimate of drug-likeness (QED) is 0.890. The summed E-state index contributed by atoms with van der Waals surface area (Å²) < 4.78 is 7.26. The molecule has 1 aliphatic heterocycles. The van der Waals surface area contributed by atoms with Crippen LogP contribution in [0.15, 0.2) is 6.20 Å². The van der Waals surface area contributed by atoms with E-state index in [0.29, 0.717) is 0 Å². The van der Waals surface area contributed by atoms with Crippen LogP contribution in [0.1, 0.15) is 32.4 Å². The van der Waals surface area contributed by atoms with E-state index in [9.17, 15) is 4.79 Å². The van der Waals surface area contributed by atoms with Crippen LogP contribution >= 0.6 is 0 Å². The SMILES string of the molecule is CCc1nn(C)cc1NC(=O)[C@H]1CCCO[C@H]1C. The standard InChI is InChI=1S/C13H21N3O2/c1-4-11-12(8-16(3)15-11)14-13(17)10-6-5-7-18-9(10)2/h8-10H,4-7H2,1-3H3,(H,14,17)/t9-,10-/m0/s1. The number of rotatable bonds is 3. The smallest absolute Gasteiger partial charge is 0.230 e. The lowest BCUT2D eigenvalue weighted by molar-refractivity contribution is -0.127. The fourth-order valence-corrected chi connectivity index (χ4v) is 2.39. The minimum absolute atomic E-state index is 0.000461. The second kappa shape index (κ2) is 5.52. The van der Waals surface area contributed by atoms with Crippen LogP contribution < -0.4 is 5.32 Å². The van der Waals surface area contributed by atoms with Crippen molar-refractivity contribution in [2.75, 3.05) is 11.9 Å². The molecule has 18 heavy (non-hydrogen) atoms. The fourth-order valence-electron chi connectivity index (χ4n) is 2.39. The molecule has 1 N–H and O–H groups in total. The minimum Gasteiger partial charge on any atom is -0.378 e. The molecule has 5 heteroatoms. The van der Waals surface area contributed by atoms with Crippen molar-refractivity contribution in [1.82, 2.24) is 9.78 Å². The molecule has 0 radical (unpaired) electrons. The zero-order valence-electron chi connectivity index (χ0n) is 11.3. The lowest BCUT2D eigenvalue weighted by Crippen LogP contribution is -2.36. The number of nitrogens with zero attached hydrogens (tertiary/aromatic N) is 2. The van der Waals surface area contributed by atoms with Gasteiger partial charge in [-0.1, -0.05) is 6.92 Å². The van der Waals surface area contributed by atoms with Gasteiger partial charge in [0.2, 0.25) is 5.91 Å². The molecule has 5 nitrogen and oxygen atoms in total. The molecule has 1 aromatic rings. The van der Waals surface area contributed by atoms with Crippen molar-refractivity contribution in [2.24, 2.45) is 13.0 Å². The van der Waals surface area contributed by atoms with Gasteiger partial charge in [0.15, 0.2) is 0 Å². The lowest BCUT2D eigenvalue weighted by Gasteiger charge is -2.27. The highest BCUT2D eigenvalue weighted by atomic mass is 16.5. The second-order valence-electron chi connectivity index (χ2n) is 4.83. The third-order valence-electron chi connectivity index (χ3n) is 3.44. The summed E-state index contributed by atoms with van der Waals surface area (Å²) in [7, 11) is 1.86. The molecule has 0 spiro atoms. The Morgan fingerprint density at radius 3 is 3.11 bits per heavy atom. The van der Waals surface area contributed by atoms with Crippen molar-refractivity contribution in [3.05, 3.63) is 11.9 Å². The average Bonchev–Trinajstić information content (AvgIpc) is 2.70. The normalized spacial score (nSPS) is 23.9. The van der Waals surface area contributed by atoms with Crippen LogP contribution in [0.2, 0.25) is 0 Å². The van der Waals surface area contributed by atoms with Gasteiger partial charge in [-0.2, -0.15) is 5.10 Å². The number of nitrogens with one attached hydrogen (secondary N) is 1. The van der Waals surface area contributed by atoms with E-state index in [1.54, 1.807) is 4.68 Å². The van der Waals surface area contributed by atoms with Crippen LogP contribution in [0.5, 0.6) is 0 Å². The average molecular weight is 251 g/mol. The Morgan fingerprint density at radius 1 is 1.67 bits per heavy atom. The molecule has 1 aliphatic rings. The van der Waals surface area contributed by atoms with Crippen LogP contribution in [-0.2, 0) is 23.0 Å². The van der Waals surface area contributed by atoms with E-state index >= 15 is 0 Å². The van der Waals surface area contributed by atoms with Crippen LogP contribution in [0.25, 0.3) is 0 Å². The molecule has 0 aliphatic carbocycles. The van der Waals surface area contributed by atoms with Gasteiger partial charge in [0.1, 0.15) is 0 Å². The number of hydrogen-bond donors (Lipinski definition) is 1. The van der Waals surface area contributed by atoms with Gasteiger partial charge >= 0.3 is 0 Å². The van der Waals surface area contributed by atoms with E-state index in [4.69, 9.17) is 4.74 Å². The maximum atomic E-state index is 12.2. The Bertz CT molecular complexity index is 428. The summed E-state index contributed by atoms with van der Waals surface area (Å²) in [5.41, 5.74) is 1.75. The number of aromatic nitrogens is 2. The fraction of sp³-hybridized carbons (Fsp3) is 0.692. The van der Waals surface area contributed by atoms with Gasteiger partial charge in [-0.25, -0.2) is 0 Å². The van der Waals surface area contributed by atoms with Crippen LogP contribution in [0, 0.1) is 5.92 Å². The topological polar surface area (TPSA) is 56.2 Å². The Balaban J connectivity index is 2.05. The van der Waals surface area contributed by atoms with Gasteiger partial charge in [0, 0.05) is 19.9 Å². The second-order valence-corrected chi connectivity index (χ2v) is 4.83. The minimum atomic E-state index is -0.0522. The molecular formula is C13H21N3O2. The van der Waals surface area contributed by atoms with E-state index < -0.39 is 0 Å². The van der Waals surface area contributed by atoms with Crippen molar-refractivity contribution in [1.29, 1.82) is 0 Å². The Morgan fingerprint density at radius 2 is 2.44 bits per heavy atom. The number of ether oxygens (including phenoxy) is 1. The molecule has 100 valence electrons. The molecule has 1 aromatic heterocycles. The zero-order chi connectivity index (χ0) is 13.1. The van der Waals surface area contributed by atoms with Crippen LogP contribution in [-0.4, -0.2) is 28.4 Å². The maximum Gasteiger partial charge on any atom is 0.230 e. The number of carbonyl (C=O) groups excluding carboxylic acids is 1. The summed E-state index contributed by atoms with van der Waals surface area (Å²) in [6.07, 6.45) is 4.52. The van der Waals surface area contributed by atoms with Gasteiger partial charge in [-0.05, 0) is 26.2 Å². The predicted molar refractivity (Wildman–Crippen MR) is 69.4 cm³/mol. The molecule has 2 heterocycles. The molecule has 0 unspecified atom stereocenters. The number of amides is 1. The molecular weight excluding hydrogens is 230 g/mol. The number of carbonyl (C=O) groups is 1. The van der Waals surface area contributed by atoms with Crippen molar-refractivity contribution >= 4 is 11.6 Å². The van der Waals surface area contributed by atoms with E-state index in [0.717, 1.165) is 37.3 Å². The summed E-state index contributed by atoms with van der Waals surface area (Å²) in [6, 6.07) is 0. The number of hydrogen-bond acceptors (Lipinski definition) is 3. The highest BCUT2D eigenvalue weighted by molar-refractivity contribution is 5.93. The van der Waals surface area contributed by atoms with Crippen molar-refractivity contribution in [2.45, 2.75) is 39.2 Å². The lowest BCUT2D eigenvalue weighted by atomic mass is 9.94. The van der Waals surface area contributed by atoms with E-state index in [2.05, 4.69) is 10.4 Å². The van der Waals surface area contributed by atoms with Crippen molar-refractivity contribution in [3.63, 3.8) is 0 Å². The highest BCUT2D eigenvalue weighted by Crippen LogP contribution is 2.23. The summed E-state index contributed by atoms with van der Waals surface area (Å²) in [5, 5.41) is 7.30. The first-order valence-corrected chi connectivity index (χ1v) is 6.56. The largest absolute Gasteiger partial charge is 0.378 e. The summed E-state index contributed by atoms with van der Waals surface area (Å²) >= 11 is 0. The number of anilines is 1. The Hall–Kier alpha value is -1.36. The molecule has 0 saturated carbocycles. The number of aryl methyl sites for hydroxylation is 2. The van der Waals surface area contributed by atoms with Crippen LogP contribution in [0.4, 0.5) is 5.69 Å². The summed E-state index contributed by atoms with van der Waals surface area (Å²) in [4.78, 5) is 12.2. The Labute approximate surface area is 108 Å². The molecule has 2 rings (SSSR count). The first kappa shape index (κ1) is 13.1. The highest BCUT2D eigenvalue weighted by Gasteiger charge is 2.29. The first-order chi connectivity index (χ1) is 8.61. The molecule has 1 saturated heterocycles. The third kappa shape index (κ3) is 2.72. The van der Waals surface area contributed by atoms with Crippen LogP contribution in [0.3, 0.4) is 0 Å². The first-order valence-electron chi connectivity index (χ1n) is 6.56. The van der Waals surface area contributed by atoms with Gasteiger partial charge < -0.3 is 10.1 Å². The van der Waals surface area contributed by atoms with Gasteiger partial charge in [0.05, 0.1) is 23.4 Å².